The average Bonchev–Trinajstić information content (AvgIpc) is 2.19. The topological polar surface area (TPSA) is 52.1 Å². The molecule has 1 aromatic heterocycles. The fourth-order valence-electron chi connectivity index (χ4n) is 0.928. The minimum absolute atomic E-state index is 0.363. The fourth-order valence-corrected chi connectivity index (χ4v) is 0.928. The number of hydrogen-bond donors (Lipinski definition) is 0. The van der Waals surface area contributed by atoms with Crippen LogP contribution in [0.3, 0.4) is 0 Å². The molecule has 0 radical (unpaired) electrons. The highest BCUT2D eigenvalue weighted by Crippen LogP contribution is 2.06. The van der Waals surface area contributed by atoms with Gasteiger partial charge >= 0.3 is 5.97 Å². The van der Waals surface area contributed by atoms with Crippen molar-refractivity contribution in [1.29, 1.82) is 0 Å². The molecule has 1 rings (SSSR count). The third-order valence-electron chi connectivity index (χ3n) is 1.54. The first-order valence-corrected chi connectivity index (χ1v) is 4.36. The molecule has 14 heavy (non-hydrogen) atoms. The van der Waals surface area contributed by atoms with Gasteiger partial charge in [-0.25, -0.2) is 14.8 Å². The van der Waals surface area contributed by atoms with Crippen LogP contribution in [-0.2, 0) is 9.53 Å². The molecule has 0 amide bonds. The predicted molar refractivity (Wildman–Crippen MR) is 52.3 cm³/mol. The molecule has 0 saturated heterocycles. The zero-order valence-corrected chi connectivity index (χ0v) is 8.23. The van der Waals surface area contributed by atoms with Crippen molar-refractivity contribution in [3.05, 3.63) is 30.4 Å². The summed E-state index contributed by atoms with van der Waals surface area (Å²) in [5, 5.41) is 0. The molecular formula is C10H12N2O2. The molecule has 0 atom stereocenters. The van der Waals surface area contributed by atoms with Gasteiger partial charge in [0.2, 0.25) is 0 Å². The number of carbonyl (C=O) groups is 1. The first-order chi connectivity index (χ1) is 6.74. The molecule has 0 unspecified atom stereocenters. The SMILES string of the molecule is CCOC(=O)C=C(C)c1ncccn1. The first-order valence-electron chi connectivity index (χ1n) is 4.36. The average molecular weight is 192 g/mol. The smallest absolute Gasteiger partial charge is 0.331 e. The molecule has 4 nitrogen and oxygen atoms in total. The summed E-state index contributed by atoms with van der Waals surface area (Å²) >= 11 is 0. The normalized spacial score (nSPS) is 11.1. The van der Waals surface area contributed by atoms with Crippen LogP contribution in [0.2, 0.25) is 0 Å². The Morgan fingerprint density at radius 2 is 2.14 bits per heavy atom. The van der Waals surface area contributed by atoms with Gasteiger partial charge in [-0.2, -0.15) is 0 Å². The van der Waals surface area contributed by atoms with E-state index in [-0.39, 0.29) is 5.97 Å². The van der Waals surface area contributed by atoms with E-state index < -0.39 is 0 Å². The maximum atomic E-state index is 11.1. The van der Waals surface area contributed by atoms with Crippen molar-refractivity contribution in [2.75, 3.05) is 6.61 Å². The second kappa shape index (κ2) is 5.11. The largest absolute Gasteiger partial charge is 0.463 e. The minimum Gasteiger partial charge on any atom is -0.463 e. The third kappa shape index (κ3) is 2.97. The zero-order valence-electron chi connectivity index (χ0n) is 8.23. The van der Waals surface area contributed by atoms with Crippen LogP contribution in [0.1, 0.15) is 19.7 Å². The molecule has 0 aliphatic carbocycles. The zero-order chi connectivity index (χ0) is 10.4. The number of allylic oxidation sites excluding steroid dienone is 1. The van der Waals surface area contributed by atoms with Crippen LogP contribution in [0.25, 0.3) is 5.57 Å². The number of rotatable bonds is 3. The Morgan fingerprint density at radius 3 is 2.71 bits per heavy atom. The molecule has 0 spiro atoms. The van der Waals surface area contributed by atoms with E-state index in [0.717, 1.165) is 0 Å². The Bertz CT molecular complexity index is 333. The lowest BCUT2D eigenvalue weighted by Crippen LogP contribution is -2.01. The predicted octanol–water partition coefficient (Wildman–Crippen LogP) is 1.44. The second-order valence-electron chi connectivity index (χ2n) is 2.65. The van der Waals surface area contributed by atoms with Crippen LogP contribution in [0, 0.1) is 0 Å². The first kappa shape index (κ1) is 10.4. The quantitative estimate of drug-likeness (QED) is 0.537. The van der Waals surface area contributed by atoms with Crippen LogP contribution >= 0.6 is 0 Å². The van der Waals surface area contributed by atoms with Gasteiger partial charge in [0.25, 0.3) is 0 Å². The molecule has 0 saturated carbocycles. The van der Waals surface area contributed by atoms with E-state index in [0.29, 0.717) is 18.0 Å². The van der Waals surface area contributed by atoms with Gasteiger partial charge in [-0.1, -0.05) is 0 Å². The third-order valence-corrected chi connectivity index (χ3v) is 1.54. The Labute approximate surface area is 82.6 Å². The summed E-state index contributed by atoms with van der Waals surface area (Å²) < 4.78 is 4.76. The number of nitrogens with zero attached hydrogens (tertiary/aromatic N) is 2. The fraction of sp³-hybridized carbons (Fsp3) is 0.300. The van der Waals surface area contributed by atoms with Gasteiger partial charge in [-0.05, 0) is 19.9 Å². The maximum absolute atomic E-state index is 11.1. The van der Waals surface area contributed by atoms with Crippen molar-refractivity contribution in [2.45, 2.75) is 13.8 Å². The standard InChI is InChI=1S/C10H12N2O2/c1-3-14-9(13)7-8(2)10-11-5-4-6-12-10/h4-7H,3H2,1-2H3. The molecule has 0 bridgehead atoms. The summed E-state index contributed by atoms with van der Waals surface area (Å²) in [5.41, 5.74) is 0.698. The molecule has 0 aromatic carbocycles. The molecule has 0 N–H and O–H groups in total. The molecule has 1 heterocycles. The molecule has 0 aliphatic heterocycles. The Kier molecular flexibility index (Phi) is 3.79. The van der Waals surface area contributed by atoms with Crippen LogP contribution in [0.4, 0.5) is 0 Å². The molecule has 4 heteroatoms. The van der Waals surface area contributed by atoms with E-state index in [1.54, 1.807) is 32.3 Å². The Morgan fingerprint density at radius 1 is 1.50 bits per heavy atom. The molecule has 1 aromatic rings. The summed E-state index contributed by atoms with van der Waals surface area (Å²) in [6.07, 6.45) is 4.65. The van der Waals surface area contributed by atoms with Gasteiger partial charge < -0.3 is 4.74 Å². The number of aromatic nitrogens is 2. The minimum atomic E-state index is -0.363. The monoisotopic (exact) mass is 192 g/mol. The van der Waals surface area contributed by atoms with E-state index in [1.165, 1.54) is 6.08 Å². The number of esters is 1. The summed E-state index contributed by atoms with van der Waals surface area (Å²) in [7, 11) is 0. The molecular weight excluding hydrogens is 180 g/mol. The molecule has 0 fully saturated rings. The van der Waals surface area contributed by atoms with Gasteiger partial charge in [0.1, 0.15) is 0 Å². The van der Waals surface area contributed by atoms with Gasteiger partial charge in [-0.15, -0.1) is 0 Å². The van der Waals surface area contributed by atoms with E-state index in [9.17, 15) is 4.79 Å². The lowest BCUT2D eigenvalue weighted by atomic mass is 10.2. The van der Waals surface area contributed by atoms with Crippen molar-refractivity contribution in [3.63, 3.8) is 0 Å². The van der Waals surface area contributed by atoms with Crippen molar-refractivity contribution in [3.8, 4) is 0 Å². The van der Waals surface area contributed by atoms with Crippen molar-refractivity contribution in [2.24, 2.45) is 0 Å². The van der Waals surface area contributed by atoms with Gasteiger partial charge in [0.05, 0.1) is 6.61 Å². The molecule has 74 valence electrons. The van der Waals surface area contributed by atoms with E-state index in [4.69, 9.17) is 4.74 Å². The second-order valence-corrected chi connectivity index (χ2v) is 2.65. The number of ether oxygens (including phenoxy) is 1. The number of carbonyl (C=O) groups excluding carboxylic acids is 1. The summed E-state index contributed by atoms with van der Waals surface area (Å²) in [6.45, 7) is 3.91. The highest BCUT2D eigenvalue weighted by Gasteiger charge is 2.01. The highest BCUT2D eigenvalue weighted by atomic mass is 16.5. The number of hydrogen-bond acceptors (Lipinski definition) is 4. The van der Waals surface area contributed by atoms with Crippen LogP contribution in [0.15, 0.2) is 24.5 Å². The maximum Gasteiger partial charge on any atom is 0.331 e. The summed E-state index contributed by atoms with van der Waals surface area (Å²) in [5.74, 6) is 0.179. The van der Waals surface area contributed by atoms with E-state index >= 15 is 0 Å². The van der Waals surface area contributed by atoms with Gasteiger partial charge in [0.15, 0.2) is 5.82 Å². The lowest BCUT2D eigenvalue weighted by Gasteiger charge is -1.99. The van der Waals surface area contributed by atoms with Crippen molar-refractivity contribution >= 4 is 11.5 Å². The Balaban J connectivity index is 2.75. The van der Waals surface area contributed by atoms with Crippen molar-refractivity contribution < 1.29 is 9.53 Å². The Hall–Kier alpha value is -1.71. The lowest BCUT2D eigenvalue weighted by molar-refractivity contribution is -0.137. The highest BCUT2D eigenvalue weighted by molar-refractivity contribution is 5.89. The van der Waals surface area contributed by atoms with E-state index in [2.05, 4.69) is 9.97 Å². The summed E-state index contributed by atoms with van der Waals surface area (Å²) in [4.78, 5) is 19.1. The van der Waals surface area contributed by atoms with Crippen LogP contribution in [0.5, 0.6) is 0 Å². The van der Waals surface area contributed by atoms with Gasteiger partial charge in [0, 0.05) is 24.0 Å². The van der Waals surface area contributed by atoms with Crippen LogP contribution < -0.4 is 0 Å². The van der Waals surface area contributed by atoms with Crippen LogP contribution in [-0.4, -0.2) is 22.5 Å². The summed E-state index contributed by atoms with van der Waals surface area (Å²) in [6, 6.07) is 1.72. The van der Waals surface area contributed by atoms with Gasteiger partial charge in [-0.3, -0.25) is 0 Å². The van der Waals surface area contributed by atoms with E-state index in [1.807, 2.05) is 0 Å². The molecule has 0 aliphatic rings. The van der Waals surface area contributed by atoms with Crippen molar-refractivity contribution in [1.82, 2.24) is 9.97 Å².